The second-order valence-corrected chi connectivity index (χ2v) is 2.32. The molecule has 0 radical (unpaired) electrons. The van der Waals surface area contributed by atoms with Gasteiger partial charge in [-0.2, -0.15) is 0 Å². The molecule has 12 heavy (non-hydrogen) atoms. The molecule has 6 nitrogen and oxygen atoms in total. The van der Waals surface area contributed by atoms with Crippen molar-refractivity contribution in [2.75, 3.05) is 6.61 Å². The maximum Gasteiger partial charge on any atom is 0.360 e. The molecule has 0 aliphatic carbocycles. The second kappa shape index (κ2) is 3.00. The van der Waals surface area contributed by atoms with E-state index in [1.165, 1.54) is 0 Å². The van der Waals surface area contributed by atoms with E-state index < -0.39 is 36.3 Å². The van der Waals surface area contributed by atoms with E-state index in [0.717, 1.165) is 0 Å². The molecule has 1 aliphatic heterocycles. The number of hydrogen-bond donors (Lipinski definition) is 3. The van der Waals surface area contributed by atoms with Crippen molar-refractivity contribution in [3.63, 3.8) is 0 Å². The van der Waals surface area contributed by atoms with Crippen LogP contribution in [-0.4, -0.2) is 46.5 Å². The van der Waals surface area contributed by atoms with Gasteiger partial charge >= 0.3 is 5.97 Å². The monoisotopic (exact) mass is 173 g/mol. The molecule has 1 rings (SSSR count). The molecule has 0 amide bonds. The summed E-state index contributed by atoms with van der Waals surface area (Å²) in [6.07, 6.45) is -2.85. The van der Waals surface area contributed by atoms with Gasteiger partial charge in [-0.3, -0.25) is 10.2 Å². The summed E-state index contributed by atoms with van der Waals surface area (Å²) in [4.78, 5) is 21.4. The van der Waals surface area contributed by atoms with E-state index in [1.807, 2.05) is 0 Å². The van der Waals surface area contributed by atoms with E-state index in [2.05, 4.69) is 4.74 Å². The van der Waals surface area contributed by atoms with Gasteiger partial charge in [0.05, 0.1) is 6.61 Å². The molecule has 1 saturated heterocycles. The van der Waals surface area contributed by atoms with Crippen molar-refractivity contribution >= 4 is 17.5 Å². The smallest absolute Gasteiger partial charge is 0.360 e. The maximum atomic E-state index is 10.9. The topological polar surface area (TPSA) is 108 Å². The SMILES string of the molecule is N=C1C(=O)OC(C(O)CO)C1=O. The van der Waals surface area contributed by atoms with Crippen molar-refractivity contribution in [2.45, 2.75) is 12.2 Å². The van der Waals surface area contributed by atoms with Crippen LogP contribution in [0.5, 0.6) is 0 Å². The van der Waals surface area contributed by atoms with Gasteiger partial charge in [0, 0.05) is 0 Å². The minimum atomic E-state index is -1.44. The highest BCUT2D eigenvalue weighted by Crippen LogP contribution is 2.10. The number of aliphatic hydroxyl groups is 2. The summed E-state index contributed by atoms with van der Waals surface area (Å²) in [5, 5.41) is 24.2. The van der Waals surface area contributed by atoms with Crippen LogP contribution in [0, 0.1) is 5.41 Å². The Morgan fingerprint density at radius 3 is 2.50 bits per heavy atom. The number of cyclic esters (lactones) is 1. The predicted molar refractivity (Wildman–Crippen MR) is 35.7 cm³/mol. The van der Waals surface area contributed by atoms with E-state index >= 15 is 0 Å². The standard InChI is InChI=1S/C6H7NO5/c7-3-4(10)5(2(9)1-8)12-6(3)11/h2,5,7-9H,1H2. The Labute approximate surface area is 67.3 Å². The maximum absolute atomic E-state index is 10.9. The Hall–Kier alpha value is -1.27. The van der Waals surface area contributed by atoms with Crippen LogP contribution >= 0.6 is 0 Å². The third-order valence-corrected chi connectivity index (χ3v) is 1.48. The summed E-state index contributed by atoms with van der Waals surface area (Å²) < 4.78 is 4.32. The van der Waals surface area contributed by atoms with Crippen LogP contribution in [0.2, 0.25) is 0 Å². The van der Waals surface area contributed by atoms with E-state index in [-0.39, 0.29) is 0 Å². The van der Waals surface area contributed by atoms with Gasteiger partial charge in [-0.1, -0.05) is 0 Å². The highest BCUT2D eigenvalue weighted by atomic mass is 16.6. The number of ether oxygens (including phenoxy) is 1. The lowest BCUT2D eigenvalue weighted by molar-refractivity contribution is -0.147. The fraction of sp³-hybridized carbons (Fsp3) is 0.500. The lowest BCUT2D eigenvalue weighted by Gasteiger charge is -2.11. The van der Waals surface area contributed by atoms with Crippen LogP contribution in [0.4, 0.5) is 0 Å². The van der Waals surface area contributed by atoms with Crippen molar-refractivity contribution < 1.29 is 24.5 Å². The minimum absolute atomic E-state index is 0.684. The van der Waals surface area contributed by atoms with E-state index in [9.17, 15) is 9.59 Å². The van der Waals surface area contributed by atoms with Gasteiger partial charge in [0.1, 0.15) is 6.10 Å². The molecule has 6 heteroatoms. The molecule has 0 aromatic rings. The van der Waals surface area contributed by atoms with Crippen LogP contribution in [0.15, 0.2) is 0 Å². The van der Waals surface area contributed by atoms with Crippen LogP contribution in [0.1, 0.15) is 0 Å². The third kappa shape index (κ3) is 1.21. The molecule has 66 valence electrons. The number of rotatable bonds is 2. The zero-order valence-corrected chi connectivity index (χ0v) is 5.98. The van der Waals surface area contributed by atoms with Gasteiger partial charge in [-0.15, -0.1) is 0 Å². The van der Waals surface area contributed by atoms with Gasteiger partial charge < -0.3 is 14.9 Å². The first-order valence-electron chi connectivity index (χ1n) is 3.20. The molecule has 0 bridgehead atoms. The van der Waals surface area contributed by atoms with Crippen LogP contribution in [0.3, 0.4) is 0 Å². The summed E-state index contributed by atoms with van der Waals surface area (Å²) in [6, 6.07) is 0. The highest BCUT2D eigenvalue weighted by molar-refractivity contribution is 6.66. The fourth-order valence-electron chi connectivity index (χ4n) is 0.820. The summed E-state index contributed by atoms with van der Waals surface area (Å²) in [6.45, 7) is -0.684. The lowest BCUT2D eigenvalue weighted by atomic mass is 10.1. The molecule has 0 aromatic carbocycles. The Balaban J connectivity index is 2.78. The number of esters is 1. The number of hydrogen-bond acceptors (Lipinski definition) is 6. The van der Waals surface area contributed by atoms with Gasteiger partial charge in [0.25, 0.3) is 0 Å². The largest absolute Gasteiger partial charge is 0.446 e. The molecule has 0 saturated carbocycles. The van der Waals surface area contributed by atoms with Gasteiger partial charge in [-0.25, -0.2) is 4.79 Å². The zero-order chi connectivity index (χ0) is 9.30. The molecule has 0 spiro atoms. The molecule has 2 unspecified atom stereocenters. The number of nitrogens with one attached hydrogen (secondary N) is 1. The molecular formula is C6H7NO5. The Morgan fingerprint density at radius 2 is 2.17 bits per heavy atom. The Morgan fingerprint density at radius 1 is 1.58 bits per heavy atom. The van der Waals surface area contributed by atoms with Crippen LogP contribution in [0.25, 0.3) is 0 Å². The number of ketones is 1. The molecule has 3 N–H and O–H groups in total. The number of aliphatic hydroxyl groups excluding tert-OH is 2. The Bertz CT molecular complexity index is 248. The van der Waals surface area contributed by atoms with Gasteiger partial charge in [0.2, 0.25) is 5.78 Å². The molecule has 2 atom stereocenters. The molecular weight excluding hydrogens is 166 g/mol. The van der Waals surface area contributed by atoms with Crippen molar-refractivity contribution in [2.24, 2.45) is 0 Å². The van der Waals surface area contributed by atoms with Crippen molar-refractivity contribution in [1.82, 2.24) is 0 Å². The molecule has 1 aliphatic rings. The van der Waals surface area contributed by atoms with Crippen molar-refractivity contribution in [3.05, 3.63) is 0 Å². The summed E-state index contributed by atoms with van der Waals surface area (Å²) >= 11 is 0. The summed E-state index contributed by atoms with van der Waals surface area (Å²) in [7, 11) is 0. The first-order valence-corrected chi connectivity index (χ1v) is 3.20. The summed E-state index contributed by atoms with van der Waals surface area (Å²) in [5.74, 6) is -1.95. The van der Waals surface area contributed by atoms with Crippen molar-refractivity contribution in [3.8, 4) is 0 Å². The normalized spacial score (nSPS) is 25.8. The Kier molecular flexibility index (Phi) is 2.20. The minimum Gasteiger partial charge on any atom is -0.446 e. The first-order chi connectivity index (χ1) is 5.57. The van der Waals surface area contributed by atoms with E-state index in [1.54, 1.807) is 0 Å². The molecule has 1 heterocycles. The fourth-order valence-corrected chi connectivity index (χ4v) is 0.820. The van der Waals surface area contributed by atoms with Gasteiger partial charge in [0.15, 0.2) is 11.8 Å². The number of carbonyl (C=O) groups excluding carboxylic acids is 2. The first kappa shape index (κ1) is 8.82. The molecule has 0 aromatic heterocycles. The average Bonchev–Trinajstić information content (AvgIpc) is 2.32. The van der Waals surface area contributed by atoms with E-state index in [0.29, 0.717) is 0 Å². The van der Waals surface area contributed by atoms with Crippen LogP contribution in [-0.2, 0) is 14.3 Å². The van der Waals surface area contributed by atoms with E-state index in [4.69, 9.17) is 15.6 Å². The molecule has 1 fully saturated rings. The zero-order valence-electron chi connectivity index (χ0n) is 5.98. The highest BCUT2D eigenvalue weighted by Gasteiger charge is 2.42. The second-order valence-electron chi connectivity index (χ2n) is 2.32. The average molecular weight is 173 g/mol. The van der Waals surface area contributed by atoms with Crippen LogP contribution < -0.4 is 0 Å². The van der Waals surface area contributed by atoms with Crippen molar-refractivity contribution in [1.29, 1.82) is 5.41 Å². The predicted octanol–water partition coefficient (Wildman–Crippen LogP) is -2.15. The lowest BCUT2D eigenvalue weighted by Crippen LogP contribution is -2.35. The third-order valence-electron chi connectivity index (χ3n) is 1.48. The number of carbonyl (C=O) groups is 2. The summed E-state index contributed by atoms with van der Waals surface area (Å²) in [5.41, 5.74) is -0.785. The van der Waals surface area contributed by atoms with Gasteiger partial charge in [-0.05, 0) is 0 Å². The number of Topliss-reactive ketones (excluding diaryl/α,β-unsaturated/α-hetero) is 1. The quantitative estimate of drug-likeness (QED) is 0.413.